The van der Waals surface area contributed by atoms with Crippen LogP contribution in [0.3, 0.4) is 0 Å². The molecule has 0 unspecified atom stereocenters. The summed E-state index contributed by atoms with van der Waals surface area (Å²) in [6.45, 7) is 7.00. The minimum Gasteiger partial charge on any atom is -0.481 e. The first-order chi connectivity index (χ1) is 9.86. The Morgan fingerprint density at radius 3 is 2.55 bits per heavy atom. The van der Waals surface area contributed by atoms with Gasteiger partial charge in [-0.1, -0.05) is 0 Å². The van der Waals surface area contributed by atoms with Crippen molar-refractivity contribution in [2.24, 2.45) is 0 Å². The third-order valence-corrected chi connectivity index (χ3v) is 3.62. The molecule has 0 aliphatic carbocycles. The van der Waals surface area contributed by atoms with Crippen LogP contribution >= 0.6 is 0 Å². The first kappa shape index (κ1) is 13.4. The molecule has 2 fully saturated rings. The molecule has 7 heteroatoms. The van der Waals surface area contributed by atoms with Gasteiger partial charge in [-0.05, 0) is 0 Å². The lowest BCUT2D eigenvalue weighted by atomic mass is 10.3. The summed E-state index contributed by atoms with van der Waals surface area (Å²) in [5, 5.41) is 3.35. The molecule has 0 spiro atoms. The molecule has 3 heterocycles. The lowest BCUT2D eigenvalue weighted by Crippen LogP contribution is -2.44. The number of rotatable bonds is 3. The van der Waals surface area contributed by atoms with Crippen molar-refractivity contribution in [3.05, 3.63) is 6.07 Å². The molecular weight excluding hydrogens is 258 g/mol. The van der Waals surface area contributed by atoms with Gasteiger partial charge < -0.3 is 24.6 Å². The van der Waals surface area contributed by atoms with Crippen LogP contribution in [0.4, 0.5) is 11.8 Å². The first-order valence-corrected chi connectivity index (χ1v) is 7.08. The average molecular weight is 279 g/mol. The highest BCUT2D eigenvalue weighted by Crippen LogP contribution is 2.22. The van der Waals surface area contributed by atoms with E-state index in [4.69, 9.17) is 14.5 Å². The number of hydrogen-bond donors (Lipinski definition) is 1. The van der Waals surface area contributed by atoms with Crippen LogP contribution in [0, 0.1) is 0 Å². The largest absolute Gasteiger partial charge is 0.481 e. The highest BCUT2D eigenvalue weighted by molar-refractivity contribution is 5.48. The van der Waals surface area contributed by atoms with Gasteiger partial charge in [0.1, 0.15) is 5.82 Å². The Morgan fingerprint density at radius 2 is 1.85 bits per heavy atom. The number of aromatic nitrogens is 2. The number of methoxy groups -OCH3 is 1. The van der Waals surface area contributed by atoms with Gasteiger partial charge in [0.05, 0.1) is 20.3 Å². The second-order valence-corrected chi connectivity index (χ2v) is 4.90. The zero-order valence-corrected chi connectivity index (χ0v) is 11.8. The average Bonchev–Trinajstić information content (AvgIpc) is 2.56. The summed E-state index contributed by atoms with van der Waals surface area (Å²) in [5.74, 6) is 2.30. The van der Waals surface area contributed by atoms with Crippen molar-refractivity contribution in [1.82, 2.24) is 15.3 Å². The monoisotopic (exact) mass is 279 g/mol. The quantitative estimate of drug-likeness (QED) is 0.817. The molecule has 0 atom stereocenters. The topological polar surface area (TPSA) is 62.8 Å². The molecule has 2 aliphatic heterocycles. The molecule has 3 rings (SSSR count). The van der Waals surface area contributed by atoms with Crippen molar-refractivity contribution in [3.8, 4) is 5.88 Å². The Balaban J connectivity index is 1.85. The lowest BCUT2D eigenvalue weighted by molar-refractivity contribution is 0.122. The standard InChI is InChI=1S/C13H21N5O2/c1-19-12-10-11(17-4-2-14-3-5-17)15-13(16-12)18-6-8-20-9-7-18/h10,14H,2-9H2,1H3. The Kier molecular flexibility index (Phi) is 4.17. The third kappa shape index (κ3) is 2.94. The van der Waals surface area contributed by atoms with Gasteiger partial charge in [-0.2, -0.15) is 9.97 Å². The summed E-state index contributed by atoms with van der Waals surface area (Å²) < 4.78 is 10.7. The van der Waals surface area contributed by atoms with Crippen molar-refractivity contribution >= 4 is 11.8 Å². The molecule has 0 amide bonds. The normalized spacial score (nSPS) is 20.1. The Labute approximate surface area is 118 Å². The summed E-state index contributed by atoms with van der Waals surface area (Å²) in [6, 6.07) is 1.91. The van der Waals surface area contributed by atoms with Crippen LogP contribution in [0.15, 0.2) is 6.07 Å². The van der Waals surface area contributed by atoms with Gasteiger partial charge in [-0.25, -0.2) is 0 Å². The van der Waals surface area contributed by atoms with E-state index in [0.717, 1.165) is 64.2 Å². The lowest BCUT2D eigenvalue weighted by Gasteiger charge is -2.31. The number of anilines is 2. The summed E-state index contributed by atoms with van der Waals surface area (Å²) >= 11 is 0. The van der Waals surface area contributed by atoms with Crippen molar-refractivity contribution in [2.45, 2.75) is 0 Å². The Bertz CT molecular complexity index is 408. The molecule has 1 aromatic rings. The molecular formula is C13H21N5O2. The molecule has 2 saturated heterocycles. The van der Waals surface area contributed by atoms with Crippen LogP contribution in [0.2, 0.25) is 0 Å². The number of ether oxygens (including phenoxy) is 2. The maximum absolute atomic E-state index is 5.38. The fraction of sp³-hybridized carbons (Fsp3) is 0.692. The van der Waals surface area contributed by atoms with Crippen LogP contribution in [0.1, 0.15) is 0 Å². The summed E-state index contributed by atoms with van der Waals surface area (Å²) in [7, 11) is 1.65. The zero-order valence-electron chi connectivity index (χ0n) is 11.8. The van der Waals surface area contributed by atoms with E-state index in [-0.39, 0.29) is 0 Å². The predicted molar refractivity (Wildman–Crippen MR) is 76.7 cm³/mol. The van der Waals surface area contributed by atoms with Gasteiger partial charge in [0.15, 0.2) is 0 Å². The van der Waals surface area contributed by atoms with E-state index < -0.39 is 0 Å². The van der Waals surface area contributed by atoms with Crippen molar-refractivity contribution in [2.75, 3.05) is 69.4 Å². The summed E-state index contributed by atoms with van der Waals surface area (Å²) in [6.07, 6.45) is 0. The van der Waals surface area contributed by atoms with Crippen molar-refractivity contribution in [3.63, 3.8) is 0 Å². The van der Waals surface area contributed by atoms with Gasteiger partial charge in [-0.3, -0.25) is 0 Å². The van der Waals surface area contributed by atoms with Gasteiger partial charge in [-0.15, -0.1) is 0 Å². The van der Waals surface area contributed by atoms with Crippen LogP contribution in [0.5, 0.6) is 5.88 Å². The number of morpholine rings is 1. The Hall–Kier alpha value is -1.60. The molecule has 1 aromatic heterocycles. The number of nitrogens with zero attached hydrogens (tertiary/aromatic N) is 4. The van der Waals surface area contributed by atoms with Gasteiger partial charge in [0.25, 0.3) is 0 Å². The van der Waals surface area contributed by atoms with Gasteiger partial charge >= 0.3 is 0 Å². The molecule has 0 radical (unpaired) electrons. The third-order valence-electron chi connectivity index (χ3n) is 3.62. The minimum atomic E-state index is 0.620. The van der Waals surface area contributed by atoms with Crippen molar-refractivity contribution < 1.29 is 9.47 Å². The van der Waals surface area contributed by atoms with Crippen LogP contribution in [-0.4, -0.2) is 69.6 Å². The van der Waals surface area contributed by atoms with Crippen LogP contribution in [0.25, 0.3) is 0 Å². The molecule has 20 heavy (non-hydrogen) atoms. The van der Waals surface area contributed by atoms with E-state index in [0.29, 0.717) is 5.88 Å². The number of nitrogens with one attached hydrogen (secondary N) is 1. The first-order valence-electron chi connectivity index (χ1n) is 7.08. The Morgan fingerprint density at radius 1 is 1.10 bits per heavy atom. The smallest absolute Gasteiger partial charge is 0.230 e. The van der Waals surface area contributed by atoms with E-state index in [2.05, 4.69) is 20.1 Å². The number of piperazine rings is 1. The summed E-state index contributed by atoms with van der Waals surface area (Å²) in [5.41, 5.74) is 0. The number of hydrogen-bond acceptors (Lipinski definition) is 7. The maximum Gasteiger partial charge on any atom is 0.230 e. The van der Waals surface area contributed by atoms with E-state index in [1.807, 2.05) is 6.07 Å². The zero-order chi connectivity index (χ0) is 13.8. The maximum atomic E-state index is 5.38. The molecule has 110 valence electrons. The molecule has 0 bridgehead atoms. The second-order valence-electron chi connectivity index (χ2n) is 4.90. The second kappa shape index (κ2) is 6.23. The summed E-state index contributed by atoms with van der Waals surface area (Å²) in [4.78, 5) is 13.6. The SMILES string of the molecule is COc1cc(N2CCNCC2)nc(N2CCOCC2)n1. The van der Waals surface area contributed by atoms with Crippen molar-refractivity contribution in [1.29, 1.82) is 0 Å². The molecule has 0 saturated carbocycles. The van der Waals surface area contributed by atoms with E-state index in [1.165, 1.54) is 0 Å². The highest BCUT2D eigenvalue weighted by Gasteiger charge is 2.19. The van der Waals surface area contributed by atoms with Gasteiger partial charge in [0.2, 0.25) is 11.8 Å². The van der Waals surface area contributed by atoms with E-state index in [1.54, 1.807) is 7.11 Å². The van der Waals surface area contributed by atoms with E-state index >= 15 is 0 Å². The minimum absolute atomic E-state index is 0.620. The highest BCUT2D eigenvalue weighted by atomic mass is 16.5. The molecule has 0 aromatic carbocycles. The van der Waals surface area contributed by atoms with E-state index in [9.17, 15) is 0 Å². The predicted octanol–water partition coefficient (Wildman–Crippen LogP) is -0.269. The van der Waals surface area contributed by atoms with Crippen LogP contribution in [-0.2, 0) is 4.74 Å². The fourth-order valence-electron chi connectivity index (χ4n) is 2.47. The molecule has 1 N–H and O–H groups in total. The fourth-order valence-corrected chi connectivity index (χ4v) is 2.47. The molecule has 2 aliphatic rings. The molecule has 7 nitrogen and oxygen atoms in total. The van der Waals surface area contributed by atoms with Gasteiger partial charge in [0, 0.05) is 45.3 Å². The van der Waals surface area contributed by atoms with Crippen LogP contribution < -0.4 is 19.9 Å².